The monoisotopic (exact) mass is 290 g/mol. The summed E-state index contributed by atoms with van der Waals surface area (Å²) in [5, 5.41) is 10.8. The van der Waals surface area contributed by atoms with Gasteiger partial charge in [0.25, 0.3) is 0 Å². The predicted molar refractivity (Wildman–Crippen MR) is 87.5 cm³/mol. The van der Waals surface area contributed by atoms with E-state index in [1.54, 1.807) is 0 Å². The highest BCUT2D eigenvalue weighted by atomic mass is 16.5. The summed E-state index contributed by atoms with van der Waals surface area (Å²) >= 11 is 0. The maximum atomic E-state index is 10.8. The lowest BCUT2D eigenvalue weighted by Gasteiger charge is -2.32. The Kier molecular flexibility index (Phi) is 6.56. The lowest BCUT2D eigenvalue weighted by molar-refractivity contribution is 0.0695. The first kappa shape index (κ1) is 16.4. The van der Waals surface area contributed by atoms with Crippen LogP contribution in [-0.4, -0.2) is 11.7 Å². The highest BCUT2D eigenvalue weighted by molar-refractivity contribution is 5.35. The van der Waals surface area contributed by atoms with Crippen LogP contribution >= 0.6 is 0 Å². The second-order valence-electron chi connectivity index (χ2n) is 6.40. The molecule has 1 N–H and O–H groups in total. The average Bonchev–Trinajstić information content (AvgIpc) is 2.53. The van der Waals surface area contributed by atoms with Gasteiger partial charge in [0.2, 0.25) is 0 Å². The van der Waals surface area contributed by atoms with Gasteiger partial charge in [-0.1, -0.05) is 57.7 Å². The first-order valence-electron chi connectivity index (χ1n) is 8.66. The number of benzene rings is 1. The zero-order valence-electron chi connectivity index (χ0n) is 13.6. The molecule has 1 saturated carbocycles. The van der Waals surface area contributed by atoms with Crippen molar-refractivity contribution in [2.45, 2.75) is 64.9 Å². The number of ether oxygens (including phenoxy) is 1. The van der Waals surface area contributed by atoms with Gasteiger partial charge in [0.1, 0.15) is 5.75 Å². The van der Waals surface area contributed by atoms with Crippen molar-refractivity contribution >= 4 is 0 Å². The summed E-state index contributed by atoms with van der Waals surface area (Å²) in [6, 6.07) is 7.99. The fourth-order valence-corrected chi connectivity index (χ4v) is 3.52. The Morgan fingerprint density at radius 2 is 1.81 bits per heavy atom. The van der Waals surface area contributed by atoms with Crippen LogP contribution in [-0.2, 0) is 0 Å². The third-order valence-electron chi connectivity index (χ3n) is 4.73. The first-order chi connectivity index (χ1) is 10.3. The minimum atomic E-state index is -0.374. The normalized spacial score (nSPS) is 23.8. The van der Waals surface area contributed by atoms with Crippen LogP contribution in [0.1, 0.15) is 70.5 Å². The second kappa shape index (κ2) is 8.43. The van der Waals surface area contributed by atoms with Crippen LogP contribution in [0.4, 0.5) is 0 Å². The fourth-order valence-electron chi connectivity index (χ4n) is 3.52. The summed E-state index contributed by atoms with van der Waals surface area (Å²) in [7, 11) is 0. The van der Waals surface area contributed by atoms with Gasteiger partial charge in [-0.25, -0.2) is 0 Å². The summed E-state index contributed by atoms with van der Waals surface area (Å²) < 4.78 is 5.80. The third kappa shape index (κ3) is 4.47. The molecule has 2 nitrogen and oxygen atoms in total. The number of para-hydroxylation sites is 1. The standard InChI is InChI=1S/C19H30O2/c1-3-7-15-10-12-16(13-11-15)19(20)17-8-5-6-9-18(17)21-14-4-2/h5-6,8-9,15-16,19-20H,3-4,7,10-14H2,1-2H3. The van der Waals surface area contributed by atoms with E-state index < -0.39 is 0 Å². The van der Waals surface area contributed by atoms with Gasteiger partial charge in [-0.2, -0.15) is 0 Å². The molecule has 1 atom stereocenters. The fraction of sp³-hybridized carbons (Fsp3) is 0.684. The Hall–Kier alpha value is -1.02. The van der Waals surface area contributed by atoms with E-state index in [-0.39, 0.29) is 6.10 Å². The van der Waals surface area contributed by atoms with E-state index in [4.69, 9.17) is 4.74 Å². The van der Waals surface area contributed by atoms with Gasteiger partial charge >= 0.3 is 0 Å². The lowest BCUT2D eigenvalue weighted by atomic mass is 9.76. The molecule has 2 heteroatoms. The Bertz CT molecular complexity index is 408. The smallest absolute Gasteiger partial charge is 0.125 e. The van der Waals surface area contributed by atoms with Gasteiger partial charge in [0.15, 0.2) is 0 Å². The Balaban J connectivity index is 1.98. The molecule has 0 aromatic heterocycles. The van der Waals surface area contributed by atoms with Crippen molar-refractivity contribution in [3.8, 4) is 5.75 Å². The summed E-state index contributed by atoms with van der Waals surface area (Å²) in [6.45, 7) is 5.09. The van der Waals surface area contributed by atoms with E-state index in [1.165, 1.54) is 25.7 Å². The molecule has 1 fully saturated rings. The Morgan fingerprint density at radius 1 is 1.10 bits per heavy atom. The van der Waals surface area contributed by atoms with Crippen LogP contribution in [0, 0.1) is 11.8 Å². The van der Waals surface area contributed by atoms with Crippen LogP contribution in [0.25, 0.3) is 0 Å². The molecular formula is C19H30O2. The molecule has 0 spiro atoms. The van der Waals surface area contributed by atoms with Crippen molar-refractivity contribution < 1.29 is 9.84 Å². The topological polar surface area (TPSA) is 29.5 Å². The lowest BCUT2D eigenvalue weighted by Crippen LogP contribution is -2.21. The van der Waals surface area contributed by atoms with Crippen molar-refractivity contribution in [3.05, 3.63) is 29.8 Å². The number of hydrogen-bond donors (Lipinski definition) is 1. The maximum absolute atomic E-state index is 10.8. The molecule has 1 aliphatic rings. The van der Waals surface area contributed by atoms with E-state index in [2.05, 4.69) is 13.8 Å². The summed E-state index contributed by atoms with van der Waals surface area (Å²) in [5.74, 6) is 2.14. The van der Waals surface area contributed by atoms with E-state index in [0.717, 1.165) is 36.5 Å². The third-order valence-corrected chi connectivity index (χ3v) is 4.73. The van der Waals surface area contributed by atoms with Crippen LogP contribution in [0.2, 0.25) is 0 Å². The van der Waals surface area contributed by atoms with E-state index in [1.807, 2.05) is 24.3 Å². The molecule has 1 aromatic rings. The highest BCUT2D eigenvalue weighted by Gasteiger charge is 2.28. The van der Waals surface area contributed by atoms with Gasteiger partial charge in [-0.3, -0.25) is 0 Å². The van der Waals surface area contributed by atoms with Crippen molar-refractivity contribution in [1.29, 1.82) is 0 Å². The van der Waals surface area contributed by atoms with E-state index >= 15 is 0 Å². The van der Waals surface area contributed by atoms with Gasteiger partial charge in [-0.15, -0.1) is 0 Å². The molecule has 1 unspecified atom stereocenters. The molecule has 1 aliphatic carbocycles. The largest absolute Gasteiger partial charge is 0.493 e. The number of aliphatic hydroxyl groups excluding tert-OH is 1. The minimum Gasteiger partial charge on any atom is -0.493 e. The van der Waals surface area contributed by atoms with E-state index in [9.17, 15) is 5.11 Å². The number of aliphatic hydroxyl groups is 1. The molecule has 118 valence electrons. The first-order valence-corrected chi connectivity index (χ1v) is 8.66. The number of rotatable bonds is 7. The van der Waals surface area contributed by atoms with Gasteiger partial charge in [0, 0.05) is 5.56 Å². The van der Waals surface area contributed by atoms with Gasteiger partial charge in [0.05, 0.1) is 12.7 Å². The molecule has 21 heavy (non-hydrogen) atoms. The van der Waals surface area contributed by atoms with Crippen LogP contribution in [0.5, 0.6) is 5.75 Å². The molecule has 2 rings (SSSR count). The summed E-state index contributed by atoms with van der Waals surface area (Å²) in [4.78, 5) is 0. The molecule has 0 saturated heterocycles. The molecule has 0 bridgehead atoms. The van der Waals surface area contributed by atoms with Crippen molar-refractivity contribution in [3.63, 3.8) is 0 Å². The zero-order chi connectivity index (χ0) is 15.1. The Morgan fingerprint density at radius 3 is 2.48 bits per heavy atom. The van der Waals surface area contributed by atoms with Crippen LogP contribution in [0.3, 0.4) is 0 Å². The van der Waals surface area contributed by atoms with Gasteiger partial charge in [-0.05, 0) is 37.2 Å². The van der Waals surface area contributed by atoms with Crippen molar-refractivity contribution in [2.75, 3.05) is 6.61 Å². The molecule has 0 radical (unpaired) electrons. The van der Waals surface area contributed by atoms with Gasteiger partial charge < -0.3 is 9.84 Å². The quantitative estimate of drug-likeness (QED) is 0.755. The molecule has 0 heterocycles. The maximum Gasteiger partial charge on any atom is 0.125 e. The minimum absolute atomic E-state index is 0.374. The highest BCUT2D eigenvalue weighted by Crippen LogP contribution is 2.40. The second-order valence-corrected chi connectivity index (χ2v) is 6.40. The van der Waals surface area contributed by atoms with Crippen LogP contribution < -0.4 is 4.74 Å². The zero-order valence-corrected chi connectivity index (χ0v) is 13.6. The van der Waals surface area contributed by atoms with Crippen molar-refractivity contribution in [1.82, 2.24) is 0 Å². The molecule has 0 amide bonds. The van der Waals surface area contributed by atoms with Crippen LogP contribution in [0.15, 0.2) is 24.3 Å². The number of hydrogen-bond acceptors (Lipinski definition) is 2. The predicted octanol–water partition coefficient (Wildman–Crippen LogP) is 5.12. The van der Waals surface area contributed by atoms with E-state index in [0.29, 0.717) is 12.5 Å². The SMILES string of the molecule is CCCOc1ccccc1C(O)C1CCC(CCC)CC1. The average molecular weight is 290 g/mol. The summed E-state index contributed by atoms with van der Waals surface area (Å²) in [5.41, 5.74) is 0.977. The summed E-state index contributed by atoms with van der Waals surface area (Å²) in [6.07, 6.45) is 8.08. The molecule has 0 aliphatic heterocycles. The Labute approximate surface area is 129 Å². The molecule has 1 aromatic carbocycles. The van der Waals surface area contributed by atoms with Crippen molar-refractivity contribution in [2.24, 2.45) is 11.8 Å². The molecular weight excluding hydrogens is 260 g/mol.